The van der Waals surface area contributed by atoms with Crippen molar-refractivity contribution in [1.29, 1.82) is 0 Å². The van der Waals surface area contributed by atoms with E-state index in [1.165, 1.54) is 22.5 Å². The maximum absolute atomic E-state index is 5.86. The average molecular weight is 558 g/mol. The zero-order valence-electron chi connectivity index (χ0n) is 20.6. The Labute approximate surface area is 220 Å². The van der Waals surface area contributed by atoms with Crippen LogP contribution in [0.5, 0.6) is 5.75 Å². The van der Waals surface area contributed by atoms with Gasteiger partial charge in [-0.15, -0.1) is 11.3 Å². The lowest BCUT2D eigenvalue weighted by atomic mass is 10.0. The Morgan fingerprint density at radius 1 is 1.17 bits per heavy atom. The summed E-state index contributed by atoms with van der Waals surface area (Å²) in [5.41, 5.74) is 5.04. The van der Waals surface area contributed by atoms with E-state index in [1.807, 2.05) is 6.20 Å². The van der Waals surface area contributed by atoms with Gasteiger partial charge in [0.1, 0.15) is 18.2 Å². The molecule has 1 fully saturated rings. The van der Waals surface area contributed by atoms with Crippen molar-refractivity contribution in [1.82, 2.24) is 19.8 Å². The summed E-state index contributed by atoms with van der Waals surface area (Å²) in [6, 6.07) is 8.70. The normalized spacial score (nSPS) is 18.1. The highest BCUT2D eigenvalue weighted by atomic mass is 79.9. The SMILES string of the molecule is Cc1nc(CN2CCN(c3c(Br)cnc4c3CC(c3ccc(OCCN(C)C)cc3)N4)CC2)cs1. The van der Waals surface area contributed by atoms with Gasteiger partial charge >= 0.3 is 0 Å². The fourth-order valence-corrected chi connectivity index (χ4v) is 5.98. The molecule has 2 aliphatic rings. The molecule has 0 amide bonds. The number of hydrogen-bond acceptors (Lipinski definition) is 8. The van der Waals surface area contributed by atoms with Crippen molar-refractivity contribution in [3.05, 3.63) is 62.1 Å². The first kappa shape index (κ1) is 24.5. The Kier molecular flexibility index (Phi) is 7.57. The van der Waals surface area contributed by atoms with Gasteiger partial charge in [-0.1, -0.05) is 12.1 Å². The Morgan fingerprint density at radius 3 is 2.63 bits per heavy atom. The highest BCUT2D eigenvalue weighted by Crippen LogP contribution is 2.42. The molecule has 1 unspecified atom stereocenters. The number of ether oxygens (including phenoxy) is 1. The number of rotatable bonds is 8. The molecule has 0 radical (unpaired) electrons. The van der Waals surface area contributed by atoms with Gasteiger partial charge in [-0.2, -0.15) is 0 Å². The van der Waals surface area contributed by atoms with Crippen LogP contribution in [0.1, 0.15) is 27.9 Å². The van der Waals surface area contributed by atoms with E-state index in [1.54, 1.807) is 11.3 Å². The van der Waals surface area contributed by atoms with Crippen LogP contribution in [0.25, 0.3) is 0 Å². The molecule has 186 valence electrons. The lowest BCUT2D eigenvalue weighted by Crippen LogP contribution is -2.46. The smallest absolute Gasteiger partial charge is 0.131 e. The van der Waals surface area contributed by atoms with Crippen LogP contribution in [0.4, 0.5) is 11.5 Å². The summed E-state index contributed by atoms with van der Waals surface area (Å²) in [4.78, 5) is 16.5. The number of piperazine rings is 1. The Hall–Kier alpha value is -2.20. The molecule has 1 atom stereocenters. The number of nitrogens with zero attached hydrogens (tertiary/aromatic N) is 5. The second kappa shape index (κ2) is 10.8. The van der Waals surface area contributed by atoms with Crippen molar-refractivity contribution in [2.45, 2.75) is 25.9 Å². The minimum absolute atomic E-state index is 0.218. The highest BCUT2D eigenvalue weighted by Gasteiger charge is 2.30. The summed E-state index contributed by atoms with van der Waals surface area (Å²) in [5, 5.41) is 6.98. The first-order valence-corrected chi connectivity index (χ1v) is 13.8. The summed E-state index contributed by atoms with van der Waals surface area (Å²) in [7, 11) is 4.11. The van der Waals surface area contributed by atoms with Gasteiger partial charge in [0.2, 0.25) is 0 Å². The van der Waals surface area contributed by atoms with E-state index < -0.39 is 0 Å². The molecule has 0 bridgehead atoms. The van der Waals surface area contributed by atoms with Crippen molar-refractivity contribution in [2.75, 3.05) is 63.6 Å². The largest absolute Gasteiger partial charge is 0.492 e. The molecule has 2 aromatic heterocycles. The Balaban J connectivity index is 1.23. The summed E-state index contributed by atoms with van der Waals surface area (Å²) in [5.74, 6) is 1.92. The van der Waals surface area contributed by atoms with Crippen LogP contribution >= 0.6 is 27.3 Å². The van der Waals surface area contributed by atoms with Crippen LogP contribution in [-0.4, -0.2) is 73.2 Å². The number of thiazole rings is 1. The molecule has 1 N–H and O–H groups in total. The third-order valence-electron chi connectivity index (χ3n) is 6.65. The van der Waals surface area contributed by atoms with E-state index in [9.17, 15) is 0 Å². The molecular formula is C26H33BrN6OS. The molecule has 7 nitrogen and oxygen atoms in total. The third-order valence-corrected chi connectivity index (χ3v) is 8.06. The van der Waals surface area contributed by atoms with Crippen molar-refractivity contribution in [3.63, 3.8) is 0 Å². The molecule has 3 aromatic rings. The summed E-state index contributed by atoms with van der Waals surface area (Å²) < 4.78 is 6.94. The van der Waals surface area contributed by atoms with Crippen molar-refractivity contribution >= 4 is 38.8 Å². The zero-order chi connectivity index (χ0) is 24.4. The van der Waals surface area contributed by atoms with Gasteiger partial charge in [0.25, 0.3) is 0 Å². The molecular weight excluding hydrogens is 524 g/mol. The number of benzene rings is 1. The molecule has 2 aliphatic heterocycles. The van der Waals surface area contributed by atoms with Crippen LogP contribution in [0.3, 0.4) is 0 Å². The van der Waals surface area contributed by atoms with Gasteiger partial charge in [-0.25, -0.2) is 9.97 Å². The number of fused-ring (bicyclic) bond motifs is 1. The van der Waals surface area contributed by atoms with E-state index >= 15 is 0 Å². The predicted molar refractivity (Wildman–Crippen MR) is 147 cm³/mol. The molecule has 5 rings (SSSR count). The van der Waals surface area contributed by atoms with Gasteiger partial charge in [-0.3, -0.25) is 4.90 Å². The van der Waals surface area contributed by atoms with Gasteiger partial charge in [-0.05, 0) is 54.6 Å². The molecule has 0 aliphatic carbocycles. The fourth-order valence-electron chi connectivity index (χ4n) is 4.78. The standard InChI is InChI=1S/C26H33BrN6OS/c1-18-29-20(17-35-18)16-32-8-10-33(11-9-32)25-22-14-24(30-26(22)28-15-23(25)27)19-4-6-21(7-5-19)34-13-12-31(2)3/h4-7,15,17,24H,8-14,16H2,1-3H3,(H,28,30). The van der Waals surface area contributed by atoms with Crippen molar-refractivity contribution < 1.29 is 4.74 Å². The first-order chi connectivity index (χ1) is 17.0. The molecule has 4 heterocycles. The Bertz CT molecular complexity index is 1140. The number of hydrogen-bond donors (Lipinski definition) is 1. The number of halogens is 1. The quantitative estimate of drug-likeness (QED) is 0.435. The first-order valence-electron chi connectivity index (χ1n) is 12.2. The van der Waals surface area contributed by atoms with Crippen LogP contribution < -0.4 is 15.0 Å². The molecule has 1 aromatic carbocycles. The molecule has 0 saturated carbocycles. The van der Waals surface area contributed by atoms with E-state index in [0.717, 1.165) is 66.7 Å². The lowest BCUT2D eigenvalue weighted by Gasteiger charge is -2.37. The van der Waals surface area contributed by atoms with Gasteiger partial charge in [0.05, 0.1) is 26.9 Å². The number of aromatic nitrogens is 2. The van der Waals surface area contributed by atoms with Crippen LogP contribution in [0.2, 0.25) is 0 Å². The van der Waals surface area contributed by atoms with E-state index in [4.69, 9.17) is 9.72 Å². The monoisotopic (exact) mass is 556 g/mol. The van der Waals surface area contributed by atoms with Crippen molar-refractivity contribution in [2.24, 2.45) is 0 Å². The topological polar surface area (TPSA) is 56.8 Å². The van der Waals surface area contributed by atoms with Gasteiger partial charge in [0.15, 0.2) is 0 Å². The number of likely N-dealkylation sites (N-methyl/N-ethyl adjacent to an activating group) is 1. The second-order valence-corrected chi connectivity index (χ2v) is 11.4. The zero-order valence-corrected chi connectivity index (χ0v) is 23.0. The average Bonchev–Trinajstić information content (AvgIpc) is 3.46. The molecule has 0 spiro atoms. The van der Waals surface area contributed by atoms with Crippen molar-refractivity contribution in [3.8, 4) is 5.75 Å². The van der Waals surface area contributed by atoms with E-state index in [2.05, 4.69) is 91.6 Å². The number of pyridine rings is 1. The van der Waals surface area contributed by atoms with Crippen LogP contribution in [0, 0.1) is 6.92 Å². The highest BCUT2D eigenvalue weighted by molar-refractivity contribution is 9.10. The van der Waals surface area contributed by atoms with Gasteiger partial charge < -0.3 is 19.9 Å². The summed E-state index contributed by atoms with van der Waals surface area (Å²) in [6.07, 6.45) is 2.87. The minimum atomic E-state index is 0.218. The summed E-state index contributed by atoms with van der Waals surface area (Å²) >= 11 is 5.53. The Morgan fingerprint density at radius 2 is 1.94 bits per heavy atom. The number of nitrogens with one attached hydrogen (secondary N) is 1. The summed E-state index contributed by atoms with van der Waals surface area (Å²) in [6.45, 7) is 8.68. The maximum Gasteiger partial charge on any atom is 0.131 e. The third kappa shape index (κ3) is 5.80. The molecule has 1 saturated heterocycles. The minimum Gasteiger partial charge on any atom is -0.492 e. The van der Waals surface area contributed by atoms with Crippen LogP contribution in [0.15, 0.2) is 40.3 Å². The lowest BCUT2D eigenvalue weighted by molar-refractivity contribution is 0.247. The number of anilines is 2. The number of aryl methyl sites for hydroxylation is 1. The second-order valence-electron chi connectivity index (χ2n) is 9.52. The van der Waals surface area contributed by atoms with Crippen LogP contribution in [-0.2, 0) is 13.0 Å². The van der Waals surface area contributed by atoms with E-state index in [-0.39, 0.29) is 6.04 Å². The van der Waals surface area contributed by atoms with E-state index in [0.29, 0.717) is 6.61 Å². The molecule has 35 heavy (non-hydrogen) atoms. The molecule has 9 heteroatoms. The fraction of sp³-hybridized carbons (Fsp3) is 0.462. The van der Waals surface area contributed by atoms with Gasteiger partial charge in [0, 0.05) is 62.8 Å². The predicted octanol–water partition coefficient (Wildman–Crippen LogP) is 4.58. The maximum atomic E-state index is 5.86.